The number of aromatic nitrogens is 3. The van der Waals surface area contributed by atoms with Crippen LogP contribution in [0.4, 0.5) is 0 Å². The Balaban J connectivity index is 1.93. The lowest BCUT2D eigenvalue weighted by Gasteiger charge is -2.13. The molecule has 0 spiro atoms. The van der Waals surface area contributed by atoms with Crippen LogP contribution in [0, 0.1) is 0 Å². The van der Waals surface area contributed by atoms with Gasteiger partial charge in [-0.3, -0.25) is 9.89 Å². The largest absolute Gasteiger partial charge is 0.345 e. The van der Waals surface area contributed by atoms with Crippen LogP contribution in [-0.4, -0.2) is 21.1 Å². The first-order valence-corrected chi connectivity index (χ1v) is 6.87. The molecule has 0 aliphatic carbocycles. The van der Waals surface area contributed by atoms with E-state index < -0.39 is 0 Å². The van der Waals surface area contributed by atoms with E-state index in [0.29, 0.717) is 10.7 Å². The Labute approximate surface area is 126 Å². The molecule has 2 heterocycles. The molecule has 6 heteroatoms. The number of rotatable bonds is 3. The van der Waals surface area contributed by atoms with Gasteiger partial charge >= 0.3 is 0 Å². The molecule has 2 N–H and O–H groups in total. The highest BCUT2D eigenvalue weighted by atomic mass is 35.5. The van der Waals surface area contributed by atoms with E-state index in [1.54, 1.807) is 12.4 Å². The zero-order valence-electron chi connectivity index (χ0n) is 11.3. The van der Waals surface area contributed by atoms with Gasteiger partial charge in [-0.2, -0.15) is 5.10 Å². The Hall–Kier alpha value is -2.40. The number of fused-ring (bicyclic) bond motifs is 1. The van der Waals surface area contributed by atoms with Crippen LogP contribution >= 0.6 is 11.6 Å². The van der Waals surface area contributed by atoms with Crippen LogP contribution in [0.2, 0.25) is 5.15 Å². The number of benzene rings is 1. The first-order chi connectivity index (χ1) is 10.2. The molecule has 0 bridgehead atoms. The maximum atomic E-state index is 12.5. The summed E-state index contributed by atoms with van der Waals surface area (Å²) in [5.74, 6) is -0.191. The van der Waals surface area contributed by atoms with Crippen molar-refractivity contribution < 1.29 is 4.79 Å². The molecule has 106 valence electrons. The summed E-state index contributed by atoms with van der Waals surface area (Å²) in [5, 5.41) is 11.5. The van der Waals surface area contributed by atoms with E-state index >= 15 is 0 Å². The van der Waals surface area contributed by atoms with Gasteiger partial charge in [0.1, 0.15) is 5.15 Å². The molecule has 0 saturated carbocycles. The maximum Gasteiger partial charge on any atom is 0.253 e. The Bertz CT molecular complexity index is 785. The van der Waals surface area contributed by atoms with E-state index in [9.17, 15) is 4.79 Å². The highest BCUT2D eigenvalue weighted by Gasteiger charge is 2.16. The average molecular weight is 301 g/mol. The standard InChI is InChI=1S/C15H13ClN4O/c1-9(10-6-18-19-7-10)20-15(21)13-8-17-14(16)12-5-3-2-4-11(12)13/h2-9H,1H3,(H,18,19)(H,20,21). The molecule has 0 aliphatic rings. The zero-order chi connectivity index (χ0) is 14.8. The average Bonchev–Trinajstić information content (AvgIpc) is 3.02. The lowest BCUT2D eigenvalue weighted by molar-refractivity contribution is 0.0941. The first kappa shape index (κ1) is 13.6. The van der Waals surface area contributed by atoms with Crippen LogP contribution in [0.15, 0.2) is 42.9 Å². The van der Waals surface area contributed by atoms with Crippen LogP contribution in [0.1, 0.15) is 28.9 Å². The predicted octanol–water partition coefficient (Wildman–Crippen LogP) is 3.10. The number of nitrogens with one attached hydrogen (secondary N) is 2. The summed E-state index contributed by atoms with van der Waals surface area (Å²) < 4.78 is 0. The van der Waals surface area contributed by atoms with Gasteiger partial charge in [-0.25, -0.2) is 4.98 Å². The second-order valence-electron chi connectivity index (χ2n) is 4.74. The quantitative estimate of drug-likeness (QED) is 0.730. The molecule has 1 aromatic carbocycles. The third-order valence-corrected chi connectivity index (χ3v) is 3.66. The number of hydrogen-bond donors (Lipinski definition) is 2. The predicted molar refractivity (Wildman–Crippen MR) is 81.2 cm³/mol. The molecule has 1 unspecified atom stereocenters. The van der Waals surface area contributed by atoms with Crippen molar-refractivity contribution in [3.05, 3.63) is 59.1 Å². The Kier molecular flexibility index (Phi) is 3.58. The monoisotopic (exact) mass is 300 g/mol. The van der Waals surface area contributed by atoms with Crippen LogP contribution in [0.5, 0.6) is 0 Å². The molecule has 0 radical (unpaired) electrons. The number of nitrogens with zero attached hydrogens (tertiary/aromatic N) is 2. The molecule has 0 aliphatic heterocycles. The van der Waals surface area contributed by atoms with Crippen molar-refractivity contribution in [2.75, 3.05) is 0 Å². The van der Waals surface area contributed by atoms with Crippen LogP contribution in [-0.2, 0) is 0 Å². The number of amides is 1. The molecule has 0 fully saturated rings. The molecule has 2 aromatic heterocycles. The number of hydrogen-bond acceptors (Lipinski definition) is 3. The summed E-state index contributed by atoms with van der Waals surface area (Å²) in [5.41, 5.74) is 1.42. The van der Waals surface area contributed by atoms with E-state index in [4.69, 9.17) is 11.6 Å². The van der Waals surface area contributed by atoms with Gasteiger partial charge < -0.3 is 5.32 Å². The normalized spacial score (nSPS) is 12.3. The number of pyridine rings is 1. The number of aromatic amines is 1. The summed E-state index contributed by atoms with van der Waals surface area (Å²) in [6, 6.07) is 7.30. The lowest BCUT2D eigenvalue weighted by Crippen LogP contribution is -2.26. The summed E-state index contributed by atoms with van der Waals surface area (Å²) >= 11 is 6.07. The first-order valence-electron chi connectivity index (χ1n) is 6.49. The van der Waals surface area contributed by atoms with Gasteiger partial charge in [-0.15, -0.1) is 0 Å². The molecule has 1 atom stereocenters. The number of carbonyl (C=O) groups excluding carboxylic acids is 1. The van der Waals surface area contributed by atoms with Gasteiger partial charge in [0, 0.05) is 23.3 Å². The van der Waals surface area contributed by atoms with E-state index in [0.717, 1.165) is 16.3 Å². The SMILES string of the molecule is CC(NC(=O)c1cnc(Cl)c2ccccc12)c1cn[nH]c1. The minimum Gasteiger partial charge on any atom is -0.345 e. The van der Waals surface area contributed by atoms with Crippen LogP contribution < -0.4 is 5.32 Å². The van der Waals surface area contributed by atoms with Crippen molar-refractivity contribution in [3.63, 3.8) is 0 Å². The maximum absolute atomic E-state index is 12.5. The summed E-state index contributed by atoms with van der Waals surface area (Å²) in [6.45, 7) is 1.90. The second kappa shape index (κ2) is 5.54. The fraction of sp³-hybridized carbons (Fsp3) is 0.133. The van der Waals surface area contributed by atoms with E-state index in [1.165, 1.54) is 6.20 Å². The van der Waals surface area contributed by atoms with Crippen LogP contribution in [0.3, 0.4) is 0 Å². The Morgan fingerprint density at radius 3 is 2.76 bits per heavy atom. The minimum atomic E-state index is -0.191. The topological polar surface area (TPSA) is 70.7 Å². The van der Waals surface area contributed by atoms with E-state index in [1.807, 2.05) is 31.2 Å². The van der Waals surface area contributed by atoms with Gasteiger partial charge in [-0.1, -0.05) is 35.9 Å². The molecule has 21 heavy (non-hydrogen) atoms. The zero-order valence-corrected chi connectivity index (χ0v) is 12.1. The van der Waals surface area contributed by atoms with Crippen molar-refractivity contribution in [2.45, 2.75) is 13.0 Å². The van der Waals surface area contributed by atoms with E-state index in [-0.39, 0.29) is 11.9 Å². The molecule has 3 rings (SSSR count). The van der Waals surface area contributed by atoms with Gasteiger partial charge in [-0.05, 0) is 12.3 Å². The highest BCUT2D eigenvalue weighted by Crippen LogP contribution is 2.24. The molecular formula is C15H13ClN4O. The third kappa shape index (κ3) is 2.60. The van der Waals surface area contributed by atoms with Gasteiger partial charge in [0.05, 0.1) is 17.8 Å². The lowest BCUT2D eigenvalue weighted by atomic mass is 10.1. The second-order valence-corrected chi connectivity index (χ2v) is 5.09. The van der Waals surface area contributed by atoms with Crippen molar-refractivity contribution in [1.29, 1.82) is 0 Å². The Morgan fingerprint density at radius 1 is 1.29 bits per heavy atom. The summed E-state index contributed by atoms with van der Waals surface area (Å²) in [6.07, 6.45) is 4.94. The summed E-state index contributed by atoms with van der Waals surface area (Å²) in [7, 11) is 0. The fourth-order valence-electron chi connectivity index (χ4n) is 2.19. The number of H-pyrrole nitrogens is 1. The van der Waals surface area contributed by atoms with Gasteiger partial charge in [0.2, 0.25) is 0 Å². The summed E-state index contributed by atoms with van der Waals surface area (Å²) in [4.78, 5) is 16.5. The van der Waals surface area contributed by atoms with Gasteiger partial charge in [0.25, 0.3) is 5.91 Å². The van der Waals surface area contributed by atoms with Crippen molar-refractivity contribution >= 4 is 28.3 Å². The molecular weight excluding hydrogens is 288 g/mol. The molecule has 5 nitrogen and oxygen atoms in total. The molecule has 0 saturated heterocycles. The Morgan fingerprint density at radius 2 is 2.05 bits per heavy atom. The molecule has 3 aromatic rings. The van der Waals surface area contributed by atoms with Gasteiger partial charge in [0.15, 0.2) is 0 Å². The third-order valence-electron chi connectivity index (χ3n) is 3.36. The number of carbonyl (C=O) groups is 1. The smallest absolute Gasteiger partial charge is 0.253 e. The minimum absolute atomic E-state index is 0.148. The van der Waals surface area contributed by atoms with Crippen molar-refractivity contribution in [3.8, 4) is 0 Å². The fourth-order valence-corrected chi connectivity index (χ4v) is 2.41. The van der Waals surface area contributed by atoms with E-state index in [2.05, 4.69) is 20.5 Å². The van der Waals surface area contributed by atoms with Crippen LogP contribution in [0.25, 0.3) is 10.8 Å². The highest BCUT2D eigenvalue weighted by molar-refractivity contribution is 6.34. The number of halogens is 1. The van der Waals surface area contributed by atoms with Crippen molar-refractivity contribution in [1.82, 2.24) is 20.5 Å². The van der Waals surface area contributed by atoms with Crippen molar-refractivity contribution in [2.24, 2.45) is 0 Å². The molecule has 1 amide bonds.